The fourth-order valence-corrected chi connectivity index (χ4v) is 3.03. The van der Waals surface area contributed by atoms with Crippen LogP contribution in [0.5, 0.6) is 0 Å². The number of aromatic nitrogens is 4. The van der Waals surface area contributed by atoms with E-state index in [1.54, 1.807) is 29.2 Å². The summed E-state index contributed by atoms with van der Waals surface area (Å²) in [5.74, 6) is 0.635. The minimum absolute atomic E-state index is 0.00432. The van der Waals surface area contributed by atoms with Crippen molar-refractivity contribution in [2.75, 3.05) is 13.1 Å². The fraction of sp³-hybridized carbons (Fsp3) is 0.529. The molecule has 7 nitrogen and oxygen atoms in total. The highest BCUT2D eigenvalue weighted by molar-refractivity contribution is 5.92. The van der Waals surface area contributed by atoms with Gasteiger partial charge in [-0.15, -0.1) is 0 Å². The number of carbonyl (C=O) groups excluding carboxylic acids is 1. The number of rotatable bonds is 4. The lowest BCUT2D eigenvalue weighted by atomic mass is 9.96. The van der Waals surface area contributed by atoms with Crippen molar-refractivity contribution in [2.45, 2.75) is 39.2 Å². The molecule has 0 saturated carbocycles. The summed E-state index contributed by atoms with van der Waals surface area (Å²) in [5, 5.41) is 6.53. The highest BCUT2D eigenvalue weighted by Gasteiger charge is 2.24. The van der Waals surface area contributed by atoms with Crippen LogP contribution in [0, 0.1) is 5.92 Å². The molecule has 1 aliphatic heterocycles. The molecule has 1 N–H and O–H groups in total. The molecule has 1 saturated heterocycles. The van der Waals surface area contributed by atoms with E-state index in [4.69, 9.17) is 0 Å². The lowest BCUT2D eigenvalue weighted by molar-refractivity contribution is 0.0676. The number of aromatic amines is 1. The van der Waals surface area contributed by atoms with Gasteiger partial charge in [0.1, 0.15) is 5.69 Å². The van der Waals surface area contributed by atoms with E-state index < -0.39 is 0 Å². The molecule has 7 heteroatoms. The molecule has 0 unspecified atom stereocenters. The van der Waals surface area contributed by atoms with Gasteiger partial charge in [0.15, 0.2) is 0 Å². The highest BCUT2D eigenvalue weighted by atomic mass is 16.2. The van der Waals surface area contributed by atoms with Gasteiger partial charge in [0.05, 0.1) is 12.0 Å². The predicted octanol–water partition coefficient (Wildman–Crippen LogP) is 1.64. The van der Waals surface area contributed by atoms with Gasteiger partial charge in [-0.1, -0.05) is 13.8 Å². The van der Waals surface area contributed by atoms with Crippen LogP contribution in [0.1, 0.15) is 48.8 Å². The standard InChI is InChI=1S/C17H23N5O2/c1-12(2)15-9-16(23)22(11-18-15)10-13-4-7-21(8-5-13)17(24)14-3-6-19-20-14/h3,6,9,11-13H,4-5,7-8,10H2,1-2H3,(H,19,20). The molecule has 3 heterocycles. The first kappa shape index (κ1) is 16.4. The van der Waals surface area contributed by atoms with E-state index >= 15 is 0 Å². The SMILES string of the molecule is CC(C)c1cc(=O)n(CC2CCN(C(=O)c3ccn[nH]3)CC2)cn1. The molecule has 24 heavy (non-hydrogen) atoms. The second-order valence-electron chi connectivity index (χ2n) is 6.66. The molecule has 0 aliphatic carbocycles. The number of piperidine rings is 1. The van der Waals surface area contributed by atoms with Crippen LogP contribution in [0.3, 0.4) is 0 Å². The van der Waals surface area contributed by atoms with E-state index in [-0.39, 0.29) is 17.4 Å². The average molecular weight is 329 g/mol. The van der Waals surface area contributed by atoms with Gasteiger partial charge in [-0.2, -0.15) is 5.10 Å². The lowest BCUT2D eigenvalue weighted by Gasteiger charge is -2.31. The molecule has 128 valence electrons. The van der Waals surface area contributed by atoms with Crippen molar-refractivity contribution in [3.05, 3.63) is 46.4 Å². The zero-order chi connectivity index (χ0) is 17.1. The number of amides is 1. The van der Waals surface area contributed by atoms with E-state index in [2.05, 4.69) is 15.2 Å². The van der Waals surface area contributed by atoms with Crippen LogP contribution in [-0.2, 0) is 6.54 Å². The van der Waals surface area contributed by atoms with Gasteiger partial charge in [-0.05, 0) is 30.7 Å². The zero-order valence-electron chi connectivity index (χ0n) is 14.1. The number of hydrogen-bond donors (Lipinski definition) is 1. The molecule has 0 bridgehead atoms. The molecule has 3 rings (SSSR count). The zero-order valence-corrected chi connectivity index (χ0v) is 14.1. The predicted molar refractivity (Wildman–Crippen MR) is 89.8 cm³/mol. The van der Waals surface area contributed by atoms with Gasteiger partial charge in [-0.3, -0.25) is 19.3 Å². The third kappa shape index (κ3) is 3.55. The monoisotopic (exact) mass is 329 g/mol. The van der Waals surface area contributed by atoms with Crippen LogP contribution in [0.2, 0.25) is 0 Å². The lowest BCUT2D eigenvalue weighted by Crippen LogP contribution is -2.40. The first-order valence-electron chi connectivity index (χ1n) is 8.39. The Kier molecular flexibility index (Phi) is 4.78. The van der Waals surface area contributed by atoms with Crippen molar-refractivity contribution in [1.29, 1.82) is 0 Å². The van der Waals surface area contributed by atoms with Crippen molar-refractivity contribution in [2.24, 2.45) is 5.92 Å². The summed E-state index contributed by atoms with van der Waals surface area (Å²) in [6.45, 7) is 6.12. The van der Waals surface area contributed by atoms with Gasteiger partial charge in [-0.25, -0.2) is 4.98 Å². The van der Waals surface area contributed by atoms with Gasteiger partial charge in [0.2, 0.25) is 0 Å². The summed E-state index contributed by atoms with van der Waals surface area (Å²) in [4.78, 5) is 30.7. The van der Waals surface area contributed by atoms with E-state index in [1.807, 2.05) is 18.7 Å². The van der Waals surface area contributed by atoms with Crippen molar-refractivity contribution in [3.8, 4) is 0 Å². The third-order valence-electron chi connectivity index (χ3n) is 4.58. The number of H-pyrrole nitrogens is 1. The van der Waals surface area contributed by atoms with Crippen molar-refractivity contribution < 1.29 is 4.79 Å². The minimum Gasteiger partial charge on any atom is -0.337 e. The second kappa shape index (κ2) is 6.98. The second-order valence-corrected chi connectivity index (χ2v) is 6.66. The Labute approximate surface area is 140 Å². The summed E-state index contributed by atoms with van der Waals surface area (Å²) >= 11 is 0. The topological polar surface area (TPSA) is 83.9 Å². The molecule has 0 atom stereocenters. The van der Waals surface area contributed by atoms with Crippen LogP contribution < -0.4 is 5.56 Å². The molecule has 1 fully saturated rings. The van der Waals surface area contributed by atoms with Crippen molar-refractivity contribution >= 4 is 5.91 Å². The van der Waals surface area contributed by atoms with Gasteiger partial charge >= 0.3 is 0 Å². The first-order chi connectivity index (χ1) is 11.5. The van der Waals surface area contributed by atoms with E-state index in [9.17, 15) is 9.59 Å². The van der Waals surface area contributed by atoms with E-state index in [1.165, 1.54) is 0 Å². The molecule has 2 aromatic heterocycles. The summed E-state index contributed by atoms with van der Waals surface area (Å²) in [7, 11) is 0. The quantitative estimate of drug-likeness (QED) is 0.924. The van der Waals surface area contributed by atoms with Gasteiger partial charge in [0, 0.05) is 31.9 Å². The normalized spacial score (nSPS) is 15.9. The molecular formula is C17H23N5O2. The third-order valence-corrected chi connectivity index (χ3v) is 4.58. The maximum atomic E-state index is 12.3. The Bertz CT molecular complexity index is 743. The van der Waals surface area contributed by atoms with Crippen LogP contribution in [0.25, 0.3) is 0 Å². The number of nitrogens with one attached hydrogen (secondary N) is 1. The number of carbonyl (C=O) groups is 1. The number of nitrogens with zero attached hydrogens (tertiary/aromatic N) is 4. The Balaban J connectivity index is 1.58. The number of hydrogen-bond acceptors (Lipinski definition) is 4. The van der Waals surface area contributed by atoms with Crippen LogP contribution in [0.4, 0.5) is 0 Å². The fourth-order valence-electron chi connectivity index (χ4n) is 3.03. The maximum absolute atomic E-state index is 12.3. The molecule has 1 amide bonds. The Hall–Kier alpha value is -2.44. The Morgan fingerprint density at radius 1 is 1.38 bits per heavy atom. The van der Waals surface area contributed by atoms with E-state index in [0.717, 1.165) is 18.5 Å². The first-order valence-corrected chi connectivity index (χ1v) is 8.39. The van der Waals surface area contributed by atoms with Crippen molar-refractivity contribution in [3.63, 3.8) is 0 Å². The van der Waals surface area contributed by atoms with Crippen molar-refractivity contribution in [1.82, 2.24) is 24.6 Å². The van der Waals surface area contributed by atoms with Crippen LogP contribution in [-0.4, -0.2) is 43.6 Å². The molecule has 0 radical (unpaired) electrons. The highest BCUT2D eigenvalue weighted by Crippen LogP contribution is 2.20. The molecule has 0 aromatic carbocycles. The smallest absolute Gasteiger partial charge is 0.271 e. The summed E-state index contributed by atoms with van der Waals surface area (Å²) in [6.07, 6.45) is 5.01. The Morgan fingerprint density at radius 2 is 2.12 bits per heavy atom. The maximum Gasteiger partial charge on any atom is 0.271 e. The summed E-state index contributed by atoms with van der Waals surface area (Å²) < 4.78 is 1.68. The minimum atomic E-state index is -0.00827. The largest absolute Gasteiger partial charge is 0.337 e. The Morgan fingerprint density at radius 3 is 2.71 bits per heavy atom. The van der Waals surface area contributed by atoms with E-state index in [0.29, 0.717) is 31.2 Å². The van der Waals surface area contributed by atoms with Crippen LogP contribution in [0.15, 0.2) is 29.5 Å². The molecule has 0 spiro atoms. The molecular weight excluding hydrogens is 306 g/mol. The van der Waals surface area contributed by atoms with Crippen LogP contribution >= 0.6 is 0 Å². The summed E-state index contributed by atoms with van der Waals surface area (Å²) in [6, 6.07) is 3.32. The molecule has 1 aliphatic rings. The van der Waals surface area contributed by atoms with Gasteiger partial charge < -0.3 is 4.90 Å². The average Bonchev–Trinajstić information content (AvgIpc) is 3.11. The summed E-state index contributed by atoms with van der Waals surface area (Å²) in [5.41, 5.74) is 1.36. The molecule has 2 aromatic rings. The van der Waals surface area contributed by atoms with Gasteiger partial charge in [0.25, 0.3) is 11.5 Å². The number of likely N-dealkylation sites (tertiary alicyclic amines) is 1.